The van der Waals surface area contributed by atoms with Crippen LogP contribution in [0.5, 0.6) is 5.75 Å². The first-order valence-electron chi connectivity index (χ1n) is 8.55. The SMILES string of the molecule is CCOc1ccc(S(=O)(=O)NNC(=O)c2cc3c(s2)CC[C@@H](C)C3)cc1. The maximum Gasteiger partial charge on any atom is 0.276 e. The van der Waals surface area contributed by atoms with Gasteiger partial charge in [0.2, 0.25) is 0 Å². The highest BCUT2D eigenvalue weighted by molar-refractivity contribution is 7.89. The summed E-state index contributed by atoms with van der Waals surface area (Å²) in [6, 6.07) is 7.90. The number of hydrogen-bond donors (Lipinski definition) is 2. The number of rotatable bonds is 6. The standard InChI is InChI=1S/C18H22N2O4S2/c1-3-24-14-5-7-15(8-6-14)26(22,23)20-19-18(21)17-11-13-10-12(2)4-9-16(13)25-17/h5-8,11-12,20H,3-4,9-10H2,1-2H3,(H,19,21)/t12-/m1/s1. The molecule has 1 aromatic carbocycles. The predicted molar refractivity (Wildman–Crippen MR) is 101 cm³/mol. The van der Waals surface area contributed by atoms with Gasteiger partial charge in [0.05, 0.1) is 16.4 Å². The van der Waals surface area contributed by atoms with Crippen molar-refractivity contribution >= 4 is 27.3 Å². The Hall–Kier alpha value is -1.90. The molecule has 0 spiro atoms. The number of aryl methyl sites for hydroxylation is 1. The molecular weight excluding hydrogens is 372 g/mol. The predicted octanol–water partition coefficient (Wildman–Crippen LogP) is 2.89. The average molecular weight is 395 g/mol. The number of carbonyl (C=O) groups excluding carboxylic acids is 1. The molecule has 3 rings (SSSR count). The van der Waals surface area contributed by atoms with E-state index in [9.17, 15) is 13.2 Å². The molecule has 2 N–H and O–H groups in total. The van der Waals surface area contributed by atoms with Gasteiger partial charge in [-0.15, -0.1) is 16.2 Å². The number of sulfonamides is 1. The largest absolute Gasteiger partial charge is 0.494 e. The zero-order valence-corrected chi connectivity index (χ0v) is 16.4. The topological polar surface area (TPSA) is 84.5 Å². The lowest BCUT2D eigenvalue weighted by atomic mass is 9.90. The first-order valence-corrected chi connectivity index (χ1v) is 10.9. The number of hydrazine groups is 1. The Morgan fingerprint density at radius 2 is 2.04 bits per heavy atom. The molecule has 1 aliphatic rings. The lowest BCUT2D eigenvalue weighted by Gasteiger charge is -2.16. The molecule has 0 bridgehead atoms. The second kappa shape index (κ2) is 7.77. The summed E-state index contributed by atoms with van der Waals surface area (Å²) in [5, 5.41) is 0. The first kappa shape index (κ1) is 18.9. The second-order valence-corrected chi connectivity index (χ2v) is 9.19. The third-order valence-electron chi connectivity index (χ3n) is 4.30. The van der Waals surface area contributed by atoms with Gasteiger partial charge in [-0.2, -0.15) is 0 Å². The van der Waals surface area contributed by atoms with Crippen LogP contribution in [0.15, 0.2) is 35.2 Å². The molecule has 1 amide bonds. The van der Waals surface area contributed by atoms with Gasteiger partial charge in [-0.05, 0) is 68.0 Å². The van der Waals surface area contributed by atoms with Crippen LogP contribution in [0.3, 0.4) is 0 Å². The molecule has 0 unspecified atom stereocenters. The summed E-state index contributed by atoms with van der Waals surface area (Å²) in [4.78, 5) is 16.3. The van der Waals surface area contributed by atoms with E-state index in [0.29, 0.717) is 23.2 Å². The summed E-state index contributed by atoms with van der Waals surface area (Å²) in [6.07, 6.45) is 3.07. The average Bonchev–Trinajstić information content (AvgIpc) is 3.04. The van der Waals surface area contributed by atoms with Gasteiger partial charge in [0.15, 0.2) is 0 Å². The molecule has 26 heavy (non-hydrogen) atoms. The van der Waals surface area contributed by atoms with Gasteiger partial charge in [-0.3, -0.25) is 10.2 Å². The molecule has 1 heterocycles. The van der Waals surface area contributed by atoms with E-state index in [4.69, 9.17) is 4.74 Å². The summed E-state index contributed by atoms with van der Waals surface area (Å²) in [5.41, 5.74) is 3.50. The molecule has 140 valence electrons. The zero-order chi connectivity index (χ0) is 18.7. The monoisotopic (exact) mass is 394 g/mol. The molecule has 1 aromatic heterocycles. The van der Waals surface area contributed by atoms with E-state index in [1.807, 2.05) is 13.0 Å². The van der Waals surface area contributed by atoms with E-state index < -0.39 is 15.9 Å². The molecule has 1 atom stereocenters. The number of carbonyl (C=O) groups is 1. The molecule has 0 radical (unpaired) electrons. The molecule has 0 saturated carbocycles. The van der Waals surface area contributed by atoms with Gasteiger partial charge < -0.3 is 4.74 Å². The number of ether oxygens (including phenoxy) is 1. The van der Waals surface area contributed by atoms with Crippen molar-refractivity contribution < 1.29 is 17.9 Å². The van der Waals surface area contributed by atoms with Crippen LogP contribution < -0.4 is 15.0 Å². The minimum absolute atomic E-state index is 0.0561. The van der Waals surface area contributed by atoms with Crippen molar-refractivity contribution in [2.45, 2.75) is 38.0 Å². The number of amides is 1. The Morgan fingerprint density at radius 3 is 2.73 bits per heavy atom. The van der Waals surface area contributed by atoms with Crippen molar-refractivity contribution in [3.63, 3.8) is 0 Å². The lowest BCUT2D eigenvalue weighted by molar-refractivity contribution is 0.0949. The maximum atomic E-state index is 12.3. The Kier molecular flexibility index (Phi) is 5.64. The second-order valence-electron chi connectivity index (χ2n) is 6.37. The van der Waals surface area contributed by atoms with E-state index in [1.165, 1.54) is 33.9 Å². The third-order valence-corrected chi connectivity index (χ3v) is 6.80. The highest BCUT2D eigenvalue weighted by Crippen LogP contribution is 2.32. The molecule has 2 aromatic rings. The van der Waals surface area contributed by atoms with Crippen molar-refractivity contribution in [2.75, 3.05) is 6.61 Å². The van der Waals surface area contributed by atoms with Crippen LogP contribution in [-0.4, -0.2) is 20.9 Å². The summed E-state index contributed by atoms with van der Waals surface area (Å²) in [6.45, 7) is 4.56. The Labute approximate surface area is 157 Å². The van der Waals surface area contributed by atoms with Crippen LogP contribution in [0.2, 0.25) is 0 Å². The molecule has 0 fully saturated rings. The molecule has 6 nitrogen and oxygen atoms in total. The van der Waals surface area contributed by atoms with E-state index in [2.05, 4.69) is 17.2 Å². The summed E-state index contributed by atoms with van der Waals surface area (Å²) in [7, 11) is -3.84. The van der Waals surface area contributed by atoms with Crippen LogP contribution >= 0.6 is 11.3 Å². The Morgan fingerprint density at radius 1 is 1.31 bits per heavy atom. The molecule has 0 saturated heterocycles. The van der Waals surface area contributed by atoms with Crippen LogP contribution in [0.1, 0.15) is 40.4 Å². The van der Waals surface area contributed by atoms with Gasteiger partial charge in [-0.25, -0.2) is 8.42 Å². The summed E-state index contributed by atoms with van der Waals surface area (Å²) in [5.74, 6) is 0.770. The molecule has 1 aliphatic carbocycles. The number of hydrogen-bond acceptors (Lipinski definition) is 5. The molecule has 8 heteroatoms. The number of fused-ring (bicyclic) bond motifs is 1. The highest BCUT2D eigenvalue weighted by Gasteiger charge is 2.22. The lowest BCUT2D eigenvalue weighted by Crippen LogP contribution is -2.41. The summed E-state index contributed by atoms with van der Waals surface area (Å²) >= 11 is 1.44. The number of nitrogens with one attached hydrogen (secondary N) is 2. The number of thiophene rings is 1. The van der Waals surface area contributed by atoms with Crippen molar-refractivity contribution in [2.24, 2.45) is 5.92 Å². The van der Waals surface area contributed by atoms with Crippen LogP contribution in [-0.2, 0) is 22.9 Å². The number of benzene rings is 1. The van der Waals surface area contributed by atoms with Crippen molar-refractivity contribution in [1.82, 2.24) is 10.3 Å². The maximum absolute atomic E-state index is 12.3. The zero-order valence-electron chi connectivity index (χ0n) is 14.7. The highest BCUT2D eigenvalue weighted by atomic mass is 32.2. The normalized spacial score (nSPS) is 16.8. The van der Waals surface area contributed by atoms with E-state index in [1.54, 1.807) is 12.1 Å². The Balaban J connectivity index is 1.65. The third kappa shape index (κ3) is 4.25. The van der Waals surface area contributed by atoms with E-state index in [0.717, 1.165) is 19.3 Å². The van der Waals surface area contributed by atoms with Gasteiger partial charge in [0.1, 0.15) is 5.75 Å². The smallest absolute Gasteiger partial charge is 0.276 e. The van der Waals surface area contributed by atoms with Gasteiger partial charge in [-0.1, -0.05) is 6.92 Å². The fourth-order valence-electron chi connectivity index (χ4n) is 2.93. The minimum atomic E-state index is -3.84. The van der Waals surface area contributed by atoms with Gasteiger partial charge in [0, 0.05) is 4.88 Å². The van der Waals surface area contributed by atoms with E-state index >= 15 is 0 Å². The first-order chi connectivity index (χ1) is 12.4. The van der Waals surface area contributed by atoms with Crippen LogP contribution in [0.4, 0.5) is 0 Å². The summed E-state index contributed by atoms with van der Waals surface area (Å²) < 4.78 is 29.9. The Bertz CT molecular complexity index is 888. The van der Waals surface area contributed by atoms with Crippen LogP contribution in [0.25, 0.3) is 0 Å². The van der Waals surface area contributed by atoms with Gasteiger partial charge >= 0.3 is 0 Å². The van der Waals surface area contributed by atoms with Crippen molar-refractivity contribution in [1.29, 1.82) is 0 Å². The van der Waals surface area contributed by atoms with Crippen molar-refractivity contribution in [3.8, 4) is 5.75 Å². The van der Waals surface area contributed by atoms with Crippen molar-refractivity contribution in [3.05, 3.63) is 45.6 Å². The molecule has 0 aliphatic heterocycles. The fourth-order valence-corrected chi connectivity index (χ4v) is 4.88. The van der Waals surface area contributed by atoms with E-state index in [-0.39, 0.29) is 4.90 Å². The van der Waals surface area contributed by atoms with Gasteiger partial charge in [0.25, 0.3) is 15.9 Å². The van der Waals surface area contributed by atoms with Crippen LogP contribution in [0, 0.1) is 5.92 Å². The molecular formula is C18H22N2O4S2. The fraction of sp³-hybridized carbons (Fsp3) is 0.389. The minimum Gasteiger partial charge on any atom is -0.494 e. The quantitative estimate of drug-likeness (QED) is 0.738.